The largest absolute Gasteiger partial charge is 0.382 e. The first kappa shape index (κ1) is 18.3. The van der Waals surface area contributed by atoms with Crippen molar-refractivity contribution in [1.29, 1.82) is 0 Å². The molecule has 0 fully saturated rings. The quantitative estimate of drug-likeness (QED) is 0.384. The zero-order valence-corrected chi connectivity index (χ0v) is 13.4. The van der Waals surface area contributed by atoms with Gasteiger partial charge < -0.3 is 18.9 Å². The van der Waals surface area contributed by atoms with Crippen LogP contribution < -0.4 is 0 Å². The molecule has 0 radical (unpaired) electrons. The Morgan fingerprint density at radius 3 is 1.78 bits per heavy atom. The highest BCUT2D eigenvalue weighted by Gasteiger charge is 2.11. The lowest BCUT2D eigenvalue weighted by atomic mass is 9.99. The van der Waals surface area contributed by atoms with Crippen LogP contribution in [0.3, 0.4) is 0 Å². The van der Waals surface area contributed by atoms with E-state index in [0.29, 0.717) is 51.5 Å². The molecule has 0 spiro atoms. The highest BCUT2D eigenvalue weighted by molar-refractivity contribution is 9.09. The SMILES string of the molecule is COCCOCCOCCOCC(CBr)C(C)C. The Labute approximate surface area is 119 Å². The number of ether oxygens (including phenoxy) is 4. The molecule has 0 bridgehead atoms. The third-order valence-electron chi connectivity index (χ3n) is 2.65. The van der Waals surface area contributed by atoms with Gasteiger partial charge in [0.2, 0.25) is 0 Å². The highest BCUT2D eigenvalue weighted by atomic mass is 79.9. The molecule has 0 saturated heterocycles. The highest BCUT2D eigenvalue weighted by Crippen LogP contribution is 2.13. The van der Waals surface area contributed by atoms with Crippen LogP contribution in [0.5, 0.6) is 0 Å². The Morgan fingerprint density at radius 1 is 0.833 bits per heavy atom. The summed E-state index contributed by atoms with van der Waals surface area (Å²) >= 11 is 3.50. The lowest BCUT2D eigenvalue weighted by molar-refractivity contribution is -0.00248. The van der Waals surface area contributed by atoms with Gasteiger partial charge in [-0.05, 0) is 11.8 Å². The zero-order chi connectivity index (χ0) is 13.6. The van der Waals surface area contributed by atoms with Crippen molar-refractivity contribution in [1.82, 2.24) is 0 Å². The van der Waals surface area contributed by atoms with E-state index in [9.17, 15) is 0 Å². The summed E-state index contributed by atoms with van der Waals surface area (Å²) in [6.45, 7) is 8.96. The van der Waals surface area contributed by atoms with Crippen LogP contribution >= 0.6 is 15.9 Å². The van der Waals surface area contributed by atoms with Crippen molar-refractivity contribution in [2.75, 3.05) is 58.7 Å². The molecule has 0 amide bonds. The van der Waals surface area contributed by atoms with Gasteiger partial charge in [-0.3, -0.25) is 0 Å². The van der Waals surface area contributed by atoms with Gasteiger partial charge in [-0.15, -0.1) is 0 Å². The van der Waals surface area contributed by atoms with Crippen LogP contribution in [0.4, 0.5) is 0 Å². The van der Waals surface area contributed by atoms with Gasteiger partial charge in [0.05, 0.1) is 46.2 Å². The molecule has 18 heavy (non-hydrogen) atoms. The van der Waals surface area contributed by atoms with Crippen LogP contribution in [-0.2, 0) is 18.9 Å². The van der Waals surface area contributed by atoms with Gasteiger partial charge in [-0.1, -0.05) is 29.8 Å². The molecule has 110 valence electrons. The molecule has 0 aliphatic carbocycles. The van der Waals surface area contributed by atoms with Gasteiger partial charge in [0, 0.05) is 12.4 Å². The molecule has 1 unspecified atom stereocenters. The summed E-state index contributed by atoms with van der Waals surface area (Å²) < 4.78 is 21.1. The lowest BCUT2D eigenvalue weighted by Gasteiger charge is -2.17. The molecule has 0 aliphatic heterocycles. The summed E-state index contributed by atoms with van der Waals surface area (Å²) in [4.78, 5) is 0. The number of hydrogen-bond donors (Lipinski definition) is 0. The lowest BCUT2D eigenvalue weighted by Crippen LogP contribution is -2.19. The third-order valence-corrected chi connectivity index (χ3v) is 3.48. The van der Waals surface area contributed by atoms with E-state index in [0.717, 1.165) is 11.9 Å². The Bertz CT molecular complexity index is 167. The van der Waals surface area contributed by atoms with Crippen molar-refractivity contribution in [2.24, 2.45) is 11.8 Å². The van der Waals surface area contributed by atoms with E-state index in [1.54, 1.807) is 7.11 Å². The van der Waals surface area contributed by atoms with Crippen molar-refractivity contribution < 1.29 is 18.9 Å². The first-order chi connectivity index (χ1) is 8.72. The molecular formula is C13H27BrO4. The number of hydrogen-bond acceptors (Lipinski definition) is 4. The molecule has 4 nitrogen and oxygen atoms in total. The van der Waals surface area contributed by atoms with Crippen molar-refractivity contribution >= 4 is 15.9 Å². The fourth-order valence-corrected chi connectivity index (χ4v) is 2.17. The van der Waals surface area contributed by atoms with E-state index in [1.165, 1.54) is 0 Å². The minimum Gasteiger partial charge on any atom is -0.382 e. The van der Waals surface area contributed by atoms with Gasteiger partial charge in [-0.2, -0.15) is 0 Å². The van der Waals surface area contributed by atoms with E-state index in [2.05, 4.69) is 29.8 Å². The van der Waals surface area contributed by atoms with Crippen LogP contribution in [0, 0.1) is 11.8 Å². The molecule has 0 rings (SSSR count). The minimum atomic E-state index is 0.572. The maximum Gasteiger partial charge on any atom is 0.0701 e. The molecule has 0 N–H and O–H groups in total. The predicted molar refractivity (Wildman–Crippen MR) is 76.5 cm³/mol. The van der Waals surface area contributed by atoms with Crippen molar-refractivity contribution in [3.8, 4) is 0 Å². The molecule has 5 heteroatoms. The van der Waals surface area contributed by atoms with Crippen molar-refractivity contribution in [2.45, 2.75) is 13.8 Å². The summed E-state index contributed by atoms with van der Waals surface area (Å²) in [7, 11) is 1.66. The second-order valence-electron chi connectivity index (χ2n) is 4.45. The predicted octanol–water partition coefficient (Wildman–Crippen LogP) is 2.35. The Kier molecular flexibility index (Phi) is 14.0. The second-order valence-corrected chi connectivity index (χ2v) is 5.10. The second kappa shape index (κ2) is 13.7. The van der Waals surface area contributed by atoms with Crippen LogP contribution in [0.2, 0.25) is 0 Å². The van der Waals surface area contributed by atoms with E-state index < -0.39 is 0 Å². The molecule has 1 atom stereocenters. The van der Waals surface area contributed by atoms with Gasteiger partial charge in [0.15, 0.2) is 0 Å². The molecule has 0 aromatic carbocycles. The monoisotopic (exact) mass is 326 g/mol. The Hall–Kier alpha value is 0.320. The summed E-state index contributed by atoms with van der Waals surface area (Å²) in [6.07, 6.45) is 0. The number of alkyl halides is 1. The van der Waals surface area contributed by atoms with Gasteiger partial charge in [-0.25, -0.2) is 0 Å². The molecular weight excluding hydrogens is 300 g/mol. The maximum absolute atomic E-state index is 5.58. The minimum absolute atomic E-state index is 0.572. The first-order valence-corrected chi connectivity index (χ1v) is 7.62. The maximum atomic E-state index is 5.58. The molecule has 0 heterocycles. The topological polar surface area (TPSA) is 36.9 Å². The van der Waals surface area contributed by atoms with Gasteiger partial charge in [0.25, 0.3) is 0 Å². The first-order valence-electron chi connectivity index (χ1n) is 6.50. The summed E-state index contributed by atoms with van der Waals surface area (Å²) in [5, 5.41) is 0.985. The van der Waals surface area contributed by atoms with Gasteiger partial charge in [0.1, 0.15) is 0 Å². The fourth-order valence-electron chi connectivity index (χ4n) is 1.23. The van der Waals surface area contributed by atoms with Crippen LogP contribution in [-0.4, -0.2) is 58.7 Å². The standard InChI is InChI=1S/C13H27BrO4/c1-12(2)13(10-14)11-18-9-8-17-7-6-16-5-4-15-3/h12-13H,4-11H2,1-3H3. The van der Waals surface area contributed by atoms with Crippen molar-refractivity contribution in [3.63, 3.8) is 0 Å². The van der Waals surface area contributed by atoms with Crippen LogP contribution in [0.1, 0.15) is 13.8 Å². The summed E-state index contributed by atoms with van der Waals surface area (Å²) in [5.74, 6) is 1.21. The molecule has 0 saturated carbocycles. The average Bonchev–Trinajstić information content (AvgIpc) is 2.35. The number of rotatable bonds is 13. The Balaban J connectivity index is 3.15. The fraction of sp³-hybridized carbons (Fsp3) is 1.00. The zero-order valence-electron chi connectivity index (χ0n) is 11.8. The van der Waals surface area contributed by atoms with Gasteiger partial charge >= 0.3 is 0 Å². The van der Waals surface area contributed by atoms with Crippen molar-refractivity contribution in [3.05, 3.63) is 0 Å². The summed E-state index contributed by atoms with van der Waals surface area (Å²) in [5.41, 5.74) is 0. The number of halogens is 1. The molecule has 0 aromatic heterocycles. The number of methoxy groups -OCH3 is 1. The summed E-state index contributed by atoms with van der Waals surface area (Å²) in [6, 6.07) is 0. The Morgan fingerprint density at radius 2 is 1.33 bits per heavy atom. The van der Waals surface area contributed by atoms with Crippen LogP contribution in [0.25, 0.3) is 0 Å². The van der Waals surface area contributed by atoms with E-state index >= 15 is 0 Å². The van der Waals surface area contributed by atoms with E-state index in [4.69, 9.17) is 18.9 Å². The molecule has 0 aromatic rings. The van der Waals surface area contributed by atoms with Crippen LogP contribution in [0.15, 0.2) is 0 Å². The third kappa shape index (κ3) is 11.4. The normalized spacial score (nSPS) is 13.2. The smallest absolute Gasteiger partial charge is 0.0701 e. The van der Waals surface area contributed by atoms with E-state index in [-0.39, 0.29) is 0 Å². The van der Waals surface area contributed by atoms with E-state index in [1.807, 2.05) is 0 Å². The average molecular weight is 327 g/mol. The molecule has 0 aliphatic rings.